The molecule has 0 fully saturated rings. The molecule has 0 saturated heterocycles. The molecular formula is C24H27FN2O2. The first-order chi connectivity index (χ1) is 13.8. The summed E-state index contributed by atoms with van der Waals surface area (Å²) >= 11 is 0. The summed E-state index contributed by atoms with van der Waals surface area (Å²) in [6.07, 6.45) is 2.97. The highest BCUT2D eigenvalue weighted by atomic mass is 19.1. The monoisotopic (exact) mass is 394 g/mol. The van der Waals surface area contributed by atoms with E-state index in [0.29, 0.717) is 23.6 Å². The fourth-order valence-electron chi connectivity index (χ4n) is 3.60. The Balaban J connectivity index is 1.51. The Kier molecular flexibility index (Phi) is 6.47. The molecule has 1 atom stereocenters. The van der Waals surface area contributed by atoms with Crippen molar-refractivity contribution in [2.24, 2.45) is 0 Å². The molecule has 1 aromatic heterocycles. The topological polar surface area (TPSA) is 55.1 Å². The summed E-state index contributed by atoms with van der Waals surface area (Å²) in [7, 11) is 0. The quantitative estimate of drug-likeness (QED) is 0.565. The third kappa shape index (κ3) is 5.53. The molecule has 0 bridgehead atoms. The van der Waals surface area contributed by atoms with Crippen molar-refractivity contribution in [3.05, 3.63) is 78.1 Å². The van der Waals surface area contributed by atoms with Gasteiger partial charge in [-0.3, -0.25) is 4.79 Å². The number of hydrogen-bond acceptors (Lipinski definition) is 3. The van der Waals surface area contributed by atoms with Crippen LogP contribution in [0.2, 0.25) is 0 Å². The van der Waals surface area contributed by atoms with Crippen LogP contribution in [0.15, 0.2) is 65.2 Å². The van der Waals surface area contributed by atoms with E-state index in [1.165, 1.54) is 17.8 Å². The highest BCUT2D eigenvalue weighted by Crippen LogP contribution is 2.28. The van der Waals surface area contributed by atoms with E-state index in [-0.39, 0.29) is 29.6 Å². The number of rotatable bonds is 8. The van der Waals surface area contributed by atoms with E-state index in [4.69, 9.17) is 4.42 Å². The number of benzene rings is 2. The van der Waals surface area contributed by atoms with Crippen LogP contribution in [0.1, 0.15) is 45.1 Å². The number of aryl methyl sites for hydroxylation is 1. The molecule has 4 nitrogen and oxygen atoms in total. The van der Waals surface area contributed by atoms with Gasteiger partial charge in [0.1, 0.15) is 5.82 Å². The number of halogens is 1. The van der Waals surface area contributed by atoms with Gasteiger partial charge in [0.25, 0.3) is 0 Å². The van der Waals surface area contributed by atoms with Gasteiger partial charge < -0.3 is 9.73 Å². The van der Waals surface area contributed by atoms with E-state index in [2.05, 4.69) is 36.3 Å². The smallest absolute Gasteiger partial charge is 0.220 e. The molecule has 0 aliphatic carbocycles. The van der Waals surface area contributed by atoms with Crippen LogP contribution in [-0.2, 0) is 16.6 Å². The normalized spacial score (nSPS) is 12.6. The van der Waals surface area contributed by atoms with Gasteiger partial charge in [-0.05, 0) is 36.5 Å². The Labute approximate surface area is 171 Å². The molecule has 3 aromatic rings. The average Bonchev–Trinajstić information content (AvgIpc) is 3.16. The zero-order chi connectivity index (χ0) is 20.9. The number of carbonyl (C=O) groups excluding carboxylic acids is 1. The van der Waals surface area contributed by atoms with Crippen molar-refractivity contribution in [3.63, 3.8) is 0 Å². The van der Waals surface area contributed by atoms with Gasteiger partial charge >= 0.3 is 0 Å². The summed E-state index contributed by atoms with van der Waals surface area (Å²) in [4.78, 5) is 16.5. The Morgan fingerprint density at radius 3 is 2.55 bits per heavy atom. The molecule has 2 aromatic carbocycles. The molecule has 0 spiro atoms. The third-order valence-corrected chi connectivity index (χ3v) is 5.04. The summed E-state index contributed by atoms with van der Waals surface area (Å²) in [5.41, 5.74) is 1.58. The van der Waals surface area contributed by atoms with Crippen molar-refractivity contribution >= 4 is 5.91 Å². The van der Waals surface area contributed by atoms with E-state index in [1.54, 1.807) is 18.2 Å². The summed E-state index contributed by atoms with van der Waals surface area (Å²) < 4.78 is 19.5. The number of hydrogen-bond donors (Lipinski definition) is 1. The minimum atomic E-state index is -0.359. The second kappa shape index (κ2) is 9.03. The van der Waals surface area contributed by atoms with Gasteiger partial charge in [0, 0.05) is 18.9 Å². The highest BCUT2D eigenvalue weighted by Gasteiger charge is 2.24. The molecule has 1 unspecified atom stereocenters. The van der Waals surface area contributed by atoms with E-state index in [1.807, 2.05) is 25.1 Å². The first-order valence-electron chi connectivity index (χ1n) is 9.89. The molecular weight excluding hydrogens is 367 g/mol. The molecule has 1 amide bonds. The van der Waals surface area contributed by atoms with Gasteiger partial charge in [-0.2, -0.15) is 0 Å². The predicted molar refractivity (Wildman–Crippen MR) is 112 cm³/mol. The van der Waals surface area contributed by atoms with Gasteiger partial charge in [0.2, 0.25) is 5.91 Å². The van der Waals surface area contributed by atoms with Crippen LogP contribution in [0.5, 0.6) is 0 Å². The lowest BCUT2D eigenvalue weighted by Gasteiger charge is -2.29. The second-order valence-corrected chi connectivity index (χ2v) is 8.02. The van der Waals surface area contributed by atoms with Crippen LogP contribution in [0.25, 0.3) is 11.3 Å². The lowest BCUT2D eigenvalue weighted by Crippen LogP contribution is -2.37. The summed E-state index contributed by atoms with van der Waals surface area (Å²) in [5.74, 6) is 0.391. The van der Waals surface area contributed by atoms with Crippen molar-refractivity contribution in [3.8, 4) is 11.3 Å². The lowest BCUT2D eigenvalue weighted by atomic mass is 9.79. The van der Waals surface area contributed by atoms with Crippen LogP contribution in [0.4, 0.5) is 4.39 Å². The number of aromatic nitrogens is 1. The van der Waals surface area contributed by atoms with Gasteiger partial charge in [-0.25, -0.2) is 9.37 Å². The minimum Gasteiger partial charge on any atom is -0.441 e. The van der Waals surface area contributed by atoms with Gasteiger partial charge in [-0.1, -0.05) is 56.3 Å². The van der Waals surface area contributed by atoms with Crippen LogP contribution >= 0.6 is 0 Å². The summed E-state index contributed by atoms with van der Waals surface area (Å²) in [5, 5.41) is 3.06. The van der Waals surface area contributed by atoms with Crippen molar-refractivity contribution in [2.75, 3.05) is 0 Å². The van der Waals surface area contributed by atoms with E-state index >= 15 is 0 Å². The Bertz CT molecular complexity index is 950. The van der Waals surface area contributed by atoms with Gasteiger partial charge in [-0.15, -0.1) is 0 Å². The maximum atomic E-state index is 13.8. The number of amides is 1. The minimum absolute atomic E-state index is 0.0365. The summed E-state index contributed by atoms with van der Waals surface area (Å²) in [6, 6.07) is 16.7. The maximum Gasteiger partial charge on any atom is 0.220 e. The molecule has 0 saturated carbocycles. The number of nitrogens with one attached hydrogen (secondary N) is 1. The zero-order valence-corrected chi connectivity index (χ0v) is 17.1. The van der Waals surface area contributed by atoms with E-state index in [0.717, 1.165) is 6.42 Å². The fourth-order valence-corrected chi connectivity index (χ4v) is 3.60. The molecule has 0 aliphatic rings. The molecule has 0 radical (unpaired) electrons. The van der Waals surface area contributed by atoms with Crippen LogP contribution < -0.4 is 5.32 Å². The fraction of sp³-hybridized carbons (Fsp3) is 0.333. The zero-order valence-electron chi connectivity index (χ0n) is 17.1. The number of nitrogens with zero attached hydrogens (tertiary/aromatic N) is 1. The lowest BCUT2D eigenvalue weighted by molar-refractivity contribution is -0.121. The van der Waals surface area contributed by atoms with Crippen molar-refractivity contribution < 1.29 is 13.6 Å². The largest absolute Gasteiger partial charge is 0.441 e. The standard InChI is InChI=1S/C24H27FN2O2/c1-17(15-24(2,3)18-9-5-4-6-10-18)27-22(28)13-14-23-26-16-21(29-23)19-11-7-8-12-20(19)25/h4-12,16-17H,13-15H2,1-3H3,(H,27,28). The SMILES string of the molecule is CC(CC(C)(C)c1ccccc1)NC(=O)CCc1ncc(-c2ccccc2F)o1. The van der Waals surface area contributed by atoms with Crippen LogP contribution in [-0.4, -0.2) is 16.9 Å². The highest BCUT2D eigenvalue weighted by molar-refractivity contribution is 5.76. The third-order valence-electron chi connectivity index (χ3n) is 5.04. The Morgan fingerprint density at radius 2 is 1.83 bits per heavy atom. The average molecular weight is 394 g/mol. The molecule has 3 rings (SSSR count). The Hall–Kier alpha value is -2.95. The molecule has 29 heavy (non-hydrogen) atoms. The molecule has 152 valence electrons. The van der Waals surface area contributed by atoms with Crippen LogP contribution in [0, 0.1) is 5.82 Å². The second-order valence-electron chi connectivity index (χ2n) is 8.02. The molecule has 5 heteroatoms. The van der Waals surface area contributed by atoms with E-state index < -0.39 is 0 Å². The maximum absolute atomic E-state index is 13.8. The number of oxazole rings is 1. The molecule has 1 heterocycles. The first kappa shape index (κ1) is 20.8. The number of carbonyl (C=O) groups is 1. The van der Waals surface area contributed by atoms with Crippen molar-refractivity contribution in [1.29, 1.82) is 0 Å². The van der Waals surface area contributed by atoms with Crippen molar-refractivity contribution in [2.45, 2.75) is 51.5 Å². The first-order valence-corrected chi connectivity index (χ1v) is 9.89. The van der Waals surface area contributed by atoms with Crippen molar-refractivity contribution in [1.82, 2.24) is 10.3 Å². The van der Waals surface area contributed by atoms with E-state index in [9.17, 15) is 9.18 Å². The Morgan fingerprint density at radius 1 is 1.14 bits per heavy atom. The molecule has 1 N–H and O–H groups in total. The molecule has 0 aliphatic heterocycles. The van der Waals surface area contributed by atoms with Gasteiger partial charge in [0.15, 0.2) is 11.7 Å². The van der Waals surface area contributed by atoms with Gasteiger partial charge in [0.05, 0.1) is 11.8 Å². The summed E-state index contributed by atoms with van der Waals surface area (Å²) in [6.45, 7) is 6.38. The van der Waals surface area contributed by atoms with Crippen LogP contribution in [0.3, 0.4) is 0 Å². The predicted octanol–water partition coefficient (Wildman–Crippen LogP) is 5.29.